The lowest BCUT2D eigenvalue weighted by molar-refractivity contribution is -0.136. The summed E-state index contributed by atoms with van der Waals surface area (Å²) < 4.78 is 24.1. The lowest BCUT2D eigenvalue weighted by atomic mass is 10.2. The molecular weight excluding hydrogens is 503 g/mol. The number of ether oxygens (including phenoxy) is 2. The van der Waals surface area contributed by atoms with Crippen LogP contribution in [0.5, 0.6) is 11.5 Å². The van der Waals surface area contributed by atoms with E-state index >= 15 is 0 Å². The van der Waals surface area contributed by atoms with Gasteiger partial charge in [0.15, 0.2) is 18.1 Å². The maximum absolute atomic E-state index is 13.0. The number of halogens is 2. The number of hydrogen-bond donors (Lipinski definition) is 3. The molecule has 0 aliphatic carbocycles. The van der Waals surface area contributed by atoms with E-state index < -0.39 is 17.6 Å². The van der Waals surface area contributed by atoms with Crippen LogP contribution in [0.15, 0.2) is 65.8 Å². The van der Waals surface area contributed by atoms with Crippen LogP contribution in [-0.2, 0) is 14.4 Å². The van der Waals surface area contributed by atoms with Crippen molar-refractivity contribution in [1.29, 1.82) is 0 Å². The van der Waals surface area contributed by atoms with E-state index in [9.17, 15) is 18.8 Å². The molecule has 3 rings (SSSR count). The summed E-state index contributed by atoms with van der Waals surface area (Å²) in [7, 11) is 0. The van der Waals surface area contributed by atoms with E-state index in [2.05, 4.69) is 21.2 Å². The van der Waals surface area contributed by atoms with Crippen LogP contribution in [0.4, 0.5) is 15.8 Å². The minimum Gasteiger partial charge on any atom is -0.490 e. The van der Waals surface area contributed by atoms with Crippen molar-refractivity contribution in [2.75, 3.05) is 23.8 Å². The normalized spacial score (nSPS) is 10.6. The molecule has 3 amide bonds. The predicted molar refractivity (Wildman–Crippen MR) is 139 cm³/mol. The van der Waals surface area contributed by atoms with Crippen molar-refractivity contribution in [1.82, 2.24) is 5.43 Å². The number of rotatable bonds is 9. The van der Waals surface area contributed by atoms with Crippen LogP contribution in [-0.4, -0.2) is 37.1 Å². The van der Waals surface area contributed by atoms with Crippen molar-refractivity contribution in [3.8, 4) is 11.5 Å². The van der Waals surface area contributed by atoms with Crippen molar-refractivity contribution < 1.29 is 28.2 Å². The molecule has 0 fully saturated rings. The van der Waals surface area contributed by atoms with Crippen molar-refractivity contribution >= 4 is 46.9 Å². The van der Waals surface area contributed by atoms with Crippen LogP contribution in [0.2, 0.25) is 5.02 Å². The second-order valence-corrected chi connectivity index (χ2v) is 8.03. The highest BCUT2D eigenvalue weighted by Gasteiger charge is 2.15. The third-order valence-electron chi connectivity index (χ3n) is 4.70. The van der Waals surface area contributed by atoms with Gasteiger partial charge in [0.05, 0.1) is 17.8 Å². The Morgan fingerprint density at radius 3 is 2.27 bits per heavy atom. The van der Waals surface area contributed by atoms with Crippen LogP contribution >= 0.6 is 11.6 Å². The van der Waals surface area contributed by atoms with E-state index in [1.807, 2.05) is 19.1 Å². The molecule has 0 aliphatic rings. The first kappa shape index (κ1) is 27.2. The maximum Gasteiger partial charge on any atom is 0.329 e. The number of aryl methyl sites for hydroxylation is 1. The Balaban J connectivity index is 1.60. The zero-order chi connectivity index (χ0) is 26.8. The van der Waals surface area contributed by atoms with Gasteiger partial charge in [0.2, 0.25) is 0 Å². The highest BCUT2D eigenvalue weighted by Crippen LogP contribution is 2.36. The van der Waals surface area contributed by atoms with Gasteiger partial charge in [-0.25, -0.2) is 9.82 Å². The van der Waals surface area contributed by atoms with E-state index in [0.717, 1.165) is 17.7 Å². The maximum atomic E-state index is 13.0. The van der Waals surface area contributed by atoms with Crippen molar-refractivity contribution in [2.45, 2.75) is 13.8 Å². The molecule has 11 heteroatoms. The molecule has 0 spiro atoms. The molecule has 0 bridgehead atoms. The van der Waals surface area contributed by atoms with Crippen LogP contribution < -0.4 is 25.5 Å². The fraction of sp³-hybridized carbons (Fsp3) is 0.154. The molecule has 192 valence electrons. The monoisotopic (exact) mass is 526 g/mol. The molecule has 0 unspecified atom stereocenters. The standard InChI is InChI=1S/C26H24ClFN4O5/c1-3-36-22-13-17(14-29-32-26(35)25(34)31-20-10-6-18(28)7-11-20)12-21(27)24(22)37-15-23(33)30-19-8-4-16(2)5-9-19/h4-14H,3,15H2,1-2H3,(H,30,33)(H,31,34)(H,32,35)/b29-14-. The molecule has 3 N–H and O–H groups in total. The quantitative estimate of drug-likeness (QED) is 0.218. The van der Waals surface area contributed by atoms with E-state index in [1.165, 1.54) is 24.4 Å². The van der Waals surface area contributed by atoms with Gasteiger partial charge in [-0.3, -0.25) is 14.4 Å². The molecular formula is C26H24ClFN4O5. The van der Waals surface area contributed by atoms with Gasteiger partial charge in [-0.2, -0.15) is 5.10 Å². The Labute approximate surface area is 217 Å². The Kier molecular flexibility index (Phi) is 9.56. The molecule has 0 saturated heterocycles. The van der Waals surface area contributed by atoms with Gasteiger partial charge in [0, 0.05) is 11.4 Å². The van der Waals surface area contributed by atoms with Crippen LogP contribution in [0.1, 0.15) is 18.1 Å². The second-order valence-electron chi connectivity index (χ2n) is 7.63. The minimum atomic E-state index is -1.03. The van der Waals surface area contributed by atoms with Gasteiger partial charge in [0.25, 0.3) is 5.91 Å². The number of benzene rings is 3. The summed E-state index contributed by atoms with van der Waals surface area (Å²) in [5.74, 6) is -2.43. The van der Waals surface area contributed by atoms with Crippen LogP contribution in [0, 0.1) is 12.7 Å². The highest BCUT2D eigenvalue weighted by atomic mass is 35.5. The molecule has 0 radical (unpaired) electrons. The summed E-state index contributed by atoms with van der Waals surface area (Å²) >= 11 is 6.35. The van der Waals surface area contributed by atoms with Gasteiger partial charge in [-0.15, -0.1) is 0 Å². The van der Waals surface area contributed by atoms with Crippen molar-refractivity contribution in [3.63, 3.8) is 0 Å². The minimum absolute atomic E-state index is 0.149. The van der Waals surface area contributed by atoms with Crippen molar-refractivity contribution in [3.05, 3.63) is 82.6 Å². The topological polar surface area (TPSA) is 118 Å². The van der Waals surface area contributed by atoms with Gasteiger partial charge in [-0.05, 0) is 67.9 Å². The van der Waals surface area contributed by atoms with E-state index in [1.54, 1.807) is 25.1 Å². The first-order valence-corrected chi connectivity index (χ1v) is 11.5. The fourth-order valence-electron chi connectivity index (χ4n) is 2.97. The summed E-state index contributed by atoms with van der Waals surface area (Å²) in [6.07, 6.45) is 1.26. The molecule has 0 heterocycles. The lowest BCUT2D eigenvalue weighted by Crippen LogP contribution is -2.32. The number of carbonyl (C=O) groups excluding carboxylic acids is 3. The summed E-state index contributed by atoms with van der Waals surface area (Å²) in [5.41, 5.74) is 4.48. The number of hydrazone groups is 1. The van der Waals surface area contributed by atoms with Gasteiger partial charge in [-0.1, -0.05) is 29.3 Å². The zero-order valence-corrected chi connectivity index (χ0v) is 20.8. The van der Waals surface area contributed by atoms with E-state index in [-0.39, 0.29) is 34.7 Å². The number of hydrogen-bond acceptors (Lipinski definition) is 6. The number of anilines is 2. The first-order chi connectivity index (χ1) is 17.7. The summed E-state index contributed by atoms with van der Waals surface area (Å²) in [6.45, 7) is 3.70. The predicted octanol–water partition coefficient (Wildman–Crippen LogP) is 4.29. The zero-order valence-electron chi connectivity index (χ0n) is 20.0. The van der Waals surface area contributed by atoms with Crippen LogP contribution in [0.3, 0.4) is 0 Å². The second kappa shape index (κ2) is 13.0. The molecule has 0 aliphatic heterocycles. The number of nitrogens with zero attached hydrogens (tertiary/aromatic N) is 1. The van der Waals surface area contributed by atoms with Gasteiger partial charge >= 0.3 is 11.8 Å². The van der Waals surface area contributed by atoms with Crippen LogP contribution in [0.25, 0.3) is 0 Å². The molecule has 3 aromatic carbocycles. The summed E-state index contributed by atoms with van der Waals surface area (Å²) in [4.78, 5) is 36.2. The third kappa shape index (κ3) is 8.32. The third-order valence-corrected chi connectivity index (χ3v) is 4.98. The van der Waals surface area contributed by atoms with E-state index in [0.29, 0.717) is 17.9 Å². The Hall–Kier alpha value is -4.44. The summed E-state index contributed by atoms with van der Waals surface area (Å²) in [6, 6.07) is 15.3. The Bertz CT molecular complexity index is 1300. The lowest BCUT2D eigenvalue weighted by Gasteiger charge is -2.14. The molecule has 9 nitrogen and oxygen atoms in total. The van der Waals surface area contributed by atoms with Gasteiger partial charge in [0.1, 0.15) is 5.82 Å². The highest BCUT2D eigenvalue weighted by molar-refractivity contribution is 6.39. The van der Waals surface area contributed by atoms with Gasteiger partial charge < -0.3 is 20.1 Å². The number of amides is 3. The average molecular weight is 527 g/mol. The first-order valence-electron chi connectivity index (χ1n) is 11.1. The molecule has 3 aromatic rings. The average Bonchev–Trinajstić information content (AvgIpc) is 2.86. The number of carbonyl (C=O) groups is 3. The SMILES string of the molecule is CCOc1cc(/C=N\NC(=O)C(=O)Nc2ccc(F)cc2)cc(Cl)c1OCC(=O)Nc1ccc(C)cc1. The van der Waals surface area contributed by atoms with E-state index in [4.69, 9.17) is 21.1 Å². The molecule has 0 saturated carbocycles. The Morgan fingerprint density at radius 1 is 0.946 bits per heavy atom. The number of nitrogens with one attached hydrogen (secondary N) is 3. The van der Waals surface area contributed by atoms with Crippen molar-refractivity contribution in [2.24, 2.45) is 5.10 Å². The largest absolute Gasteiger partial charge is 0.490 e. The smallest absolute Gasteiger partial charge is 0.329 e. The Morgan fingerprint density at radius 2 is 1.59 bits per heavy atom. The summed E-state index contributed by atoms with van der Waals surface area (Å²) in [5, 5.41) is 8.95. The fourth-order valence-corrected chi connectivity index (χ4v) is 3.25. The molecule has 0 aromatic heterocycles. The molecule has 37 heavy (non-hydrogen) atoms. The molecule has 0 atom stereocenters.